The summed E-state index contributed by atoms with van der Waals surface area (Å²) >= 11 is 12.7. The van der Waals surface area contributed by atoms with Gasteiger partial charge in [-0.1, -0.05) is 23.2 Å². The van der Waals surface area contributed by atoms with Gasteiger partial charge >= 0.3 is 5.69 Å². The molecule has 0 spiro atoms. The first-order valence-corrected chi connectivity index (χ1v) is 5.60. The van der Waals surface area contributed by atoms with Gasteiger partial charge in [0.05, 0.1) is 23.5 Å². The molecule has 0 bridgehead atoms. The van der Waals surface area contributed by atoms with Gasteiger partial charge < -0.3 is 0 Å². The molecular weight excluding hydrogens is 257 g/mol. The van der Waals surface area contributed by atoms with Crippen molar-refractivity contribution in [2.24, 2.45) is 0 Å². The summed E-state index contributed by atoms with van der Waals surface area (Å²) < 4.78 is 1.83. The summed E-state index contributed by atoms with van der Waals surface area (Å²) in [6.07, 6.45) is 2.83. The Kier molecular flexibility index (Phi) is 3.04. The van der Waals surface area contributed by atoms with Crippen molar-refractivity contribution in [1.29, 1.82) is 0 Å². The summed E-state index contributed by atoms with van der Waals surface area (Å²) in [6.45, 7) is 0.329. The molecule has 0 aromatic carbocycles. The maximum absolute atomic E-state index is 11.3. The van der Waals surface area contributed by atoms with E-state index >= 15 is 0 Å². The fourth-order valence-electron chi connectivity index (χ4n) is 1.07. The van der Waals surface area contributed by atoms with Crippen molar-refractivity contribution < 1.29 is 0 Å². The third kappa shape index (κ3) is 2.56. The highest BCUT2D eigenvalue weighted by Crippen LogP contribution is 2.15. The summed E-state index contributed by atoms with van der Waals surface area (Å²) in [7, 11) is 0. The molecule has 0 aliphatic heterocycles. The lowest BCUT2D eigenvalue weighted by molar-refractivity contribution is 0.715. The zero-order valence-corrected chi connectivity index (χ0v) is 9.68. The zero-order chi connectivity index (χ0) is 10.8. The molecule has 0 atom stereocenters. The predicted octanol–water partition coefficient (Wildman–Crippen LogP) is 2.05. The molecule has 15 heavy (non-hydrogen) atoms. The number of hydrogen-bond donors (Lipinski definition) is 0. The topological polar surface area (TPSA) is 47.8 Å². The third-order valence-electron chi connectivity index (χ3n) is 1.68. The van der Waals surface area contributed by atoms with E-state index in [0.29, 0.717) is 16.0 Å². The minimum Gasteiger partial charge on any atom is -0.292 e. The van der Waals surface area contributed by atoms with Crippen molar-refractivity contribution in [1.82, 2.24) is 14.5 Å². The van der Waals surface area contributed by atoms with Gasteiger partial charge in [0.1, 0.15) is 0 Å². The lowest BCUT2D eigenvalue weighted by Gasteiger charge is -2.01. The molecule has 0 aliphatic carbocycles. The number of aromatic nitrogens is 3. The Morgan fingerprint density at radius 1 is 1.47 bits per heavy atom. The molecular formula is C8H5Cl2N3OS. The second-order valence-corrected chi connectivity index (χ2v) is 4.65. The van der Waals surface area contributed by atoms with Gasteiger partial charge in [0.2, 0.25) is 0 Å². The SMILES string of the molecule is O=c1ncc(Cl)cn1Cc1csc(Cl)n1. The second-order valence-electron chi connectivity index (χ2n) is 2.77. The average molecular weight is 262 g/mol. The molecule has 0 N–H and O–H groups in total. The largest absolute Gasteiger partial charge is 0.347 e. The fourth-order valence-corrected chi connectivity index (χ4v) is 2.01. The first-order chi connectivity index (χ1) is 7.15. The maximum atomic E-state index is 11.3. The molecule has 0 saturated carbocycles. The molecule has 2 aromatic heterocycles. The van der Waals surface area contributed by atoms with E-state index in [4.69, 9.17) is 23.2 Å². The Balaban J connectivity index is 2.31. The monoisotopic (exact) mass is 261 g/mol. The number of thiazole rings is 1. The Hall–Kier alpha value is -0.910. The van der Waals surface area contributed by atoms with Gasteiger partial charge in [0.25, 0.3) is 0 Å². The van der Waals surface area contributed by atoms with Crippen LogP contribution in [0.5, 0.6) is 0 Å². The van der Waals surface area contributed by atoms with Gasteiger partial charge in [0, 0.05) is 11.6 Å². The van der Waals surface area contributed by atoms with Crippen molar-refractivity contribution in [3.63, 3.8) is 0 Å². The highest BCUT2D eigenvalue weighted by atomic mass is 35.5. The summed E-state index contributed by atoms with van der Waals surface area (Å²) in [4.78, 5) is 18.9. The van der Waals surface area contributed by atoms with Crippen LogP contribution in [0.15, 0.2) is 22.6 Å². The van der Waals surface area contributed by atoms with Crippen LogP contribution in [0.4, 0.5) is 0 Å². The summed E-state index contributed by atoms with van der Waals surface area (Å²) in [5.74, 6) is 0. The van der Waals surface area contributed by atoms with Crippen LogP contribution in [0, 0.1) is 0 Å². The van der Waals surface area contributed by atoms with Crippen molar-refractivity contribution in [3.8, 4) is 0 Å². The summed E-state index contributed by atoms with van der Waals surface area (Å²) in [6, 6.07) is 0. The third-order valence-corrected chi connectivity index (χ3v) is 2.90. The molecule has 78 valence electrons. The molecule has 0 amide bonds. The lowest BCUT2D eigenvalue weighted by atomic mass is 10.5. The number of nitrogens with zero attached hydrogens (tertiary/aromatic N) is 3. The predicted molar refractivity (Wildman–Crippen MR) is 59.7 cm³/mol. The van der Waals surface area contributed by atoms with Crippen LogP contribution in [0.3, 0.4) is 0 Å². The van der Waals surface area contributed by atoms with Crippen molar-refractivity contribution >= 4 is 34.5 Å². The van der Waals surface area contributed by atoms with Gasteiger partial charge in [0.15, 0.2) is 4.47 Å². The van der Waals surface area contributed by atoms with E-state index < -0.39 is 0 Å². The highest BCUT2D eigenvalue weighted by molar-refractivity contribution is 7.13. The second kappa shape index (κ2) is 4.30. The summed E-state index contributed by atoms with van der Waals surface area (Å²) in [5.41, 5.74) is 0.361. The Morgan fingerprint density at radius 3 is 2.93 bits per heavy atom. The van der Waals surface area contributed by atoms with E-state index in [1.807, 2.05) is 0 Å². The van der Waals surface area contributed by atoms with Gasteiger partial charge in [-0.2, -0.15) is 0 Å². The molecule has 0 aliphatic rings. The van der Waals surface area contributed by atoms with Crippen molar-refractivity contribution in [3.05, 3.63) is 43.4 Å². The van der Waals surface area contributed by atoms with Crippen LogP contribution in [-0.4, -0.2) is 14.5 Å². The number of hydrogen-bond acceptors (Lipinski definition) is 4. The van der Waals surface area contributed by atoms with Crippen LogP contribution in [0.2, 0.25) is 9.49 Å². The van der Waals surface area contributed by atoms with E-state index in [-0.39, 0.29) is 5.69 Å². The van der Waals surface area contributed by atoms with Gasteiger partial charge in [-0.25, -0.2) is 14.8 Å². The van der Waals surface area contributed by atoms with Crippen LogP contribution in [0.25, 0.3) is 0 Å². The standard InChI is InChI=1S/C8H5Cl2N3OS/c9-5-1-11-8(14)13(2-5)3-6-4-15-7(10)12-6/h1-2,4H,3H2. The molecule has 2 heterocycles. The van der Waals surface area contributed by atoms with Crippen LogP contribution in [0.1, 0.15) is 5.69 Å². The van der Waals surface area contributed by atoms with E-state index in [1.165, 1.54) is 28.3 Å². The molecule has 0 fully saturated rings. The van der Waals surface area contributed by atoms with Crippen molar-refractivity contribution in [2.75, 3.05) is 0 Å². The number of halogens is 2. The Bertz CT molecular complexity index is 537. The number of rotatable bonds is 2. The van der Waals surface area contributed by atoms with Crippen LogP contribution in [-0.2, 0) is 6.54 Å². The van der Waals surface area contributed by atoms with Gasteiger partial charge in [-0.15, -0.1) is 11.3 Å². The minimum absolute atomic E-state index is 0.329. The van der Waals surface area contributed by atoms with E-state index in [0.717, 1.165) is 5.69 Å². The quantitative estimate of drug-likeness (QED) is 0.832. The molecule has 0 radical (unpaired) electrons. The molecule has 2 aromatic rings. The minimum atomic E-state index is -0.358. The Morgan fingerprint density at radius 2 is 2.27 bits per heavy atom. The smallest absolute Gasteiger partial charge is 0.292 e. The van der Waals surface area contributed by atoms with Crippen LogP contribution >= 0.6 is 34.5 Å². The molecule has 7 heteroatoms. The Labute approximate surface area is 99.1 Å². The van der Waals surface area contributed by atoms with Crippen LogP contribution < -0.4 is 5.69 Å². The normalized spacial score (nSPS) is 10.5. The van der Waals surface area contributed by atoms with E-state index in [2.05, 4.69) is 9.97 Å². The molecule has 2 rings (SSSR count). The van der Waals surface area contributed by atoms with Gasteiger partial charge in [-0.3, -0.25) is 4.57 Å². The highest BCUT2D eigenvalue weighted by Gasteiger charge is 2.03. The lowest BCUT2D eigenvalue weighted by Crippen LogP contribution is -2.22. The average Bonchev–Trinajstić information content (AvgIpc) is 2.58. The van der Waals surface area contributed by atoms with E-state index in [9.17, 15) is 4.79 Å². The van der Waals surface area contributed by atoms with Gasteiger partial charge in [-0.05, 0) is 0 Å². The maximum Gasteiger partial charge on any atom is 0.347 e. The molecule has 4 nitrogen and oxygen atoms in total. The summed E-state index contributed by atoms with van der Waals surface area (Å²) in [5, 5.41) is 2.20. The molecule has 0 saturated heterocycles. The molecule has 0 unspecified atom stereocenters. The fraction of sp³-hybridized carbons (Fsp3) is 0.125. The van der Waals surface area contributed by atoms with E-state index in [1.54, 1.807) is 5.38 Å². The van der Waals surface area contributed by atoms with Crippen molar-refractivity contribution in [2.45, 2.75) is 6.54 Å². The first kappa shape index (κ1) is 10.6. The zero-order valence-electron chi connectivity index (χ0n) is 7.35. The first-order valence-electron chi connectivity index (χ1n) is 3.97.